The van der Waals surface area contributed by atoms with Crippen LogP contribution >= 0.6 is 0 Å². The van der Waals surface area contributed by atoms with Crippen molar-refractivity contribution in [3.63, 3.8) is 0 Å². The van der Waals surface area contributed by atoms with Crippen LogP contribution in [0, 0.1) is 0 Å². The van der Waals surface area contributed by atoms with Crippen molar-refractivity contribution in [3.8, 4) is 0 Å². The molecule has 0 aliphatic rings. The number of rotatable bonds is 7. The zero-order chi connectivity index (χ0) is 20.6. The summed E-state index contributed by atoms with van der Waals surface area (Å²) in [6.45, 7) is 6.59. The third-order valence-corrected chi connectivity index (χ3v) is 3.29. The van der Waals surface area contributed by atoms with Crippen LogP contribution in [0.5, 0.6) is 0 Å². The lowest BCUT2D eigenvalue weighted by Gasteiger charge is -2.21. The minimum atomic E-state index is -1.00. The van der Waals surface area contributed by atoms with Gasteiger partial charge in [0, 0.05) is 24.6 Å². The van der Waals surface area contributed by atoms with Crippen molar-refractivity contribution < 1.29 is 28.7 Å². The number of nitrogens with one attached hydrogen (secondary N) is 2. The molecule has 0 aromatic heterocycles. The van der Waals surface area contributed by atoms with Gasteiger partial charge in [-0.3, -0.25) is 14.4 Å². The Balaban J connectivity index is 2.79. The molecular formula is C19H26N2O6. The van der Waals surface area contributed by atoms with Gasteiger partial charge >= 0.3 is 11.9 Å². The van der Waals surface area contributed by atoms with Crippen LogP contribution in [0.3, 0.4) is 0 Å². The first-order chi connectivity index (χ1) is 12.5. The molecule has 1 aromatic rings. The molecule has 0 aliphatic carbocycles. The number of ether oxygens (including phenoxy) is 2. The number of hydrogen-bond acceptors (Lipinski definition) is 6. The van der Waals surface area contributed by atoms with E-state index in [4.69, 9.17) is 9.47 Å². The highest BCUT2D eigenvalue weighted by molar-refractivity contribution is 5.98. The van der Waals surface area contributed by atoms with Gasteiger partial charge in [0.25, 0.3) is 5.91 Å². The Morgan fingerprint density at radius 1 is 1.15 bits per heavy atom. The topological polar surface area (TPSA) is 111 Å². The van der Waals surface area contributed by atoms with Crippen LogP contribution in [0.15, 0.2) is 24.3 Å². The first-order valence-electron chi connectivity index (χ1n) is 8.50. The van der Waals surface area contributed by atoms with E-state index in [1.54, 1.807) is 39.0 Å². The zero-order valence-corrected chi connectivity index (χ0v) is 16.3. The van der Waals surface area contributed by atoms with Crippen molar-refractivity contribution in [2.45, 2.75) is 52.2 Å². The average Bonchev–Trinajstić information content (AvgIpc) is 2.55. The second-order valence-corrected chi connectivity index (χ2v) is 6.94. The number of benzene rings is 1. The standard InChI is InChI=1S/C19H26N2O6/c1-12(22)20-14-8-6-7-13(11-14)17(24)21-15(18(25)26-5)9-10-16(23)27-19(2,3)4/h6-8,11,15H,9-10H2,1-5H3,(H,20,22)(H,21,24)/t15-/m1/s1. The Morgan fingerprint density at radius 3 is 2.37 bits per heavy atom. The van der Waals surface area contributed by atoms with Crippen LogP contribution in [0.4, 0.5) is 5.69 Å². The Labute approximate surface area is 158 Å². The van der Waals surface area contributed by atoms with Gasteiger partial charge < -0.3 is 20.1 Å². The van der Waals surface area contributed by atoms with Crippen LogP contribution in [0.2, 0.25) is 0 Å². The third kappa shape index (κ3) is 8.35. The van der Waals surface area contributed by atoms with Gasteiger partial charge in [0.05, 0.1) is 7.11 Å². The Hall–Kier alpha value is -2.90. The molecule has 0 bridgehead atoms. The molecule has 0 unspecified atom stereocenters. The van der Waals surface area contributed by atoms with Gasteiger partial charge in [0.1, 0.15) is 11.6 Å². The zero-order valence-electron chi connectivity index (χ0n) is 16.3. The molecule has 1 aromatic carbocycles. The SMILES string of the molecule is COC(=O)[C@@H](CCC(=O)OC(C)(C)C)NC(=O)c1cccc(NC(C)=O)c1. The number of carbonyl (C=O) groups excluding carboxylic acids is 4. The molecule has 0 saturated carbocycles. The predicted octanol–water partition coefficient (Wildman–Crippen LogP) is 2.04. The normalized spacial score (nSPS) is 11.9. The van der Waals surface area contributed by atoms with E-state index in [0.29, 0.717) is 5.69 Å². The fraction of sp³-hybridized carbons (Fsp3) is 0.474. The van der Waals surface area contributed by atoms with Crippen LogP contribution in [0.1, 0.15) is 50.9 Å². The fourth-order valence-corrected chi connectivity index (χ4v) is 2.23. The first-order valence-corrected chi connectivity index (χ1v) is 8.50. The highest BCUT2D eigenvalue weighted by Crippen LogP contribution is 2.13. The summed E-state index contributed by atoms with van der Waals surface area (Å²) in [6, 6.07) is 5.27. The summed E-state index contributed by atoms with van der Waals surface area (Å²) in [7, 11) is 1.20. The van der Waals surface area contributed by atoms with Crippen molar-refractivity contribution in [3.05, 3.63) is 29.8 Å². The van der Waals surface area contributed by atoms with Crippen molar-refractivity contribution in [1.82, 2.24) is 5.32 Å². The van der Waals surface area contributed by atoms with Crippen LogP contribution in [-0.2, 0) is 23.9 Å². The molecule has 148 valence electrons. The summed E-state index contributed by atoms with van der Waals surface area (Å²) < 4.78 is 9.90. The van der Waals surface area contributed by atoms with Crippen molar-refractivity contribution in [2.75, 3.05) is 12.4 Å². The molecule has 8 heteroatoms. The van der Waals surface area contributed by atoms with Gasteiger partial charge in [-0.25, -0.2) is 4.79 Å². The first kappa shape index (κ1) is 22.1. The van der Waals surface area contributed by atoms with E-state index >= 15 is 0 Å². The molecular weight excluding hydrogens is 352 g/mol. The van der Waals surface area contributed by atoms with Gasteiger partial charge in [0.2, 0.25) is 5.91 Å². The summed E-state index contributed by atoms with van der Waals surface area (Å²) in [5.74, 6) is -1.93. The highest BCUT2D eigenvalue weighted by atomic mass is 16.6. The Bertz CT molecular complexity index is 708. The Kier molecular flexibility index (Phi) is 7.96. The maximum atomic E-state index is 12.4. The lowest BCUT2D eigenvalue weighted by Crippen LogP contribution is -2.42. The molecule has 1 atom stereocenters. The smallest absolute Gasteiger partial charge is 0.328 e. The molecule has 2 N–H and O–H groups in total. The lowest BCUT2D eigenvalue weighted by atomic mass is 10.1. The van der Waals surface area contributed by atoms with Crippen LogP contribution < -0.4 is 10.6 Å². The second-order valence-electron chi connectivity index (χ2n) is 6.94. The summed E-state index contributed by atoms with van der Waals surface area (Å²) in [5.41, 5.74) is 0.0802. The van der Waals surface area contributed by atoms with E-state index in [1.165, 1.54) is 20.1 Å². The van der Waals surface area contributed by atoms with E-state index in [0.717, 1.165) is 0 Å². The maximum absolute atomic E-state index is 12.4. The van der Waals surface area contributed by atoms with Gasteiger partial charge in [0.15, 0.2) is 0 Å². The van der Waals surface area contributed by atoms with E-state index in [-0.39, 0.29) is 24.3 Å². The molecule has 0 spiro atoms. The molecule has 27 heavy (non-hydrogen) atoms. The molecule has 8 nitrogen and oxygen atoms in total. The molecule has 0 saturated heterocycles. The van der Waals surface area contributed by atoms with Gasteiger partial charge in [-0.1, -0.05) is 6.07 Å². The summed E-state index contributed by atoms with van der Waals surface area (Å²) in [4.78, 5) is 47.4. The monoisotopic (exact) mass is 378 g/mol. The quantitative estimate of drug-likeness (QED) is 0.703. The van der Waals surface area contributed by atoms with Gasteiger partial charge in [-0.05, 0) is 45.4 Å². The molecule has 0 heterocycles. The van der Waals surface area contributed by atoms with Crippen LogP contribution in [0.25, 0.3) is 0 Å². The number of methoxy groups -OCH3 is 1. The van der Waals surface area contributed by atoms with E-state index in [2.05, 4.69) is 10.6 Å². The average molecular weight is 378 g/mol. The van der Waals surface area contributed by atoms with Crippen LogP contribution in [-0.4, -0.2) is 42.5 Å². The maximum Gasteiger partial charge on any atom is 0.328 e. The summed E-state index contributed by atoms with van der Waals surface area (Å²) in [6.07, 6.45) is -0.0119. The summed E-state index contributed by atoms with van der Waals surface area (Å²) >= 11 is 0. The lowest BCUT2D eigenvalue weighted by molar-refractivity contribution is -0.155. The summed E-state index contributed by atoms with van der Waals surface area (Å²) in [5, 5.41) is 5.13. The third-order valence-electron chi connectivity index (χ3n) is 3.29. The Morgan fingerprint density at radius 2 is 1.81 bits per heavy atom. The molecule has 1 rings (SSSR count). The molecule has 0 aliphatic heterocycles. The predicted molar refractivity (Wildman–Crippen MR) is 99.1 cm³/mol. The van der Waals surface area contributed by atoms with Crippen molar-refractivity contribution in [1.29, 1.82) is 0 Å². The minimum absolute atomic E-state index is 0.0404. The number of esters is 2. The molecule has 0 fully saturated rings. The van der Waals surface area contributed by atoms with E-state index in [9.17, 15) is 19.2 Å². The largest absolute Gasteiger partial charge is 0.467 e. The minimum Gasteiger partial charge on any atom is -0.467 e. The van der Waals surface area contributed by atoms with Crippen molar-refractivity contribution >= 4 is 29.4 Å². The van der Waals surface area contributed by atoms with E-state index in [1.807, 2.05) is 0 Å². The van der Waals surface area contributed by atoms with E-state index < -0.39 is 29.5 Å². The number of amides is 2. The van der Waals surface area contributed by atoms with Crippen molar-refractivity contribution in [2.24, 2.45) is 0 Å². The molecule has 0 radical (unpaired) electrons. The molecule has 2 amide bonds. The second kappa shape index (κ2) is 9.70. The number of anilines is 1. The van der Waals surface area contributed by atoms with Gasteiger partial charge in [-0.15, -0.1) is 0 Å². The number of hydrogen-bond donors (Lipinski definition) is 2. The van der Waals surface area contributed by atoms with Gasteiger partial charge in [-0.2, -0.15) is 0 Å². The number of carbonyl (C=O) groups is 4. The fourth-order valence-electron chi connectivity index (χ4n) is 2.23. The highest BCUT2D eigenvalue weighted by Gasteiger charge is 2.25.